The average molecular weight is 247 g/mol. The fourth-order valence-corrected chi connectivity index (χ4v) is 3.40. The van der Waals surface area contributed by atoms with E-state index in [1.54, 1.807) is 5.56 Å². The van der Waals surface area contributed by atoms with Gasteiger partial charge in [-0.15, -0.1) is 0 Å². The minimum atomic E-state index is 1.21. The Balaban J connectivity index is 2.09. The molecule has 0 spiro atoms. The third-order valence-electron chi connectivity index (χ3n) is 4.19. The topological polar surface area (TPSA) is 4.93 Å². The molecule has 0 N–H and O–H groups in total. The molecule has 0 aliphatic heterocycles. The summed E-state index contributed by atoms with van der Waals surface area (Å²) < 4.78 is 2.46. The number of aryl methyl sites for hydroxylation is 2. The molecular formula is C18H17N. The lowest BCUT2D eigenvalue weighted by molar-refractivity contribution is 0.874. The normalized spacial score (nSPS) is 13.9. The predicted molar refractivity (Wildman–Crippen MR) is 80.0 cm³/mol. The van der Waals surface area contributed by atoms with Crippen molar-refractivity contribution in [1.29, 1.82) is 0 Å². The highest BCUT2D eigenvalue weighted by Crippen LogP contribution is 2.35. The second kappa shape index (κ2) is 3.99. The van der Waals surface area contributed by atoms with Crippen molar-refractivity contribution in [2.75, 3.05) is 0 Å². The molecule has 0 bridgehead atoms. The maximum absolute atomic E-state index is 2.46. The maximum Gasteiger partial charge on any atom is 0.0534 e. The van der Waals surface area contributed by atoms with Crippen LogP contribution in [-0.4, -0.2) is 4.57 Å². The van der Waals surface area contributed by atoms with Crippen LogP contribution < -0.4 is 0 Å². The second-order valence-electron chi connectivity index (χ2n) is 5.47. The Bertz CT molecular complexity index is 764. The van der Waals surface area contributed by atoms with Gasteiger partial charge in [0.2, 0.25) is 0 Å². The van der Waals surface area contributed by atoms with Crippen LogP contribution in [0.5, 0.6) is 0 Å². The van der Waals surface area contributed by atoms with Crippen LogP contribution in [0.2, 0.25) is 0 Å². The van der Waals surface area contributed by atoms with Gasteiger partial charge in [0.15, 0.2) is 0 Å². The van der Waals surface area contributed by atoms with Crippen LogP contribution in [0.25, 0.3) is 16.6 Å². The van der Waals surface area contributed by atoms with Gasteiger partial charge in [0, 0.05) is 16.8 Å². The van der Waals surface area contributed by atoms with Crippen molar-refractivity contribution in [2.24, 2.45) is 0 Å². The summed E-state index contributed by atoms with van der Waals surface area (Å²) in [5, 5.41) is 1.44. The number of hydrogen-bond donors (Lipinski definition) is 0. The van der Waals surface area contributed by atoms with Crippen molar-refractivity contribution in [3.8, 4) is 5.69 Å². The fourth-order valence-electron chi connectivity index (χ4n) is 3.40. The van der Waals surface area contributed by atoms with Gasteiger partial charge in [0.25, 0.3) is 0 Å². The first kappa shape index (κ1) is 10.9. The number of rotatable bonds is 1. The van der Waals surface area contributed by atoms with E-state index >= 15 is 0 Å². The Labute approximate surface area is 113 Å². The number of para-hydroxylation sites is 1. The maximum atomic E-state index is 2.46. The molecule has 94 valence electrons. The molecule has 0 amide bonds. The van der Waals surface area contributed by atoms with Gasteiger partial charge in [-0.05, 0) is 55.5 Å². The Hall–Kier alpha value is -2.02. The van der Waals surface area contributed by atoms with E-state index in [1.165, 1.54) is 47.1 Å². The molecule has 0 saturated carbocycles. The van der Waals surface area contributed by atoms with Gasteiger partial charge in [-0.2, -0.15) is 0 Å². The minimum absolute atomic E-state index is 1.21. The van der Waals surface area contributed by atoms with Gasteiger partial charge in [0.05, 0.1) is 5.52 Å². The average Bonchev–Trinajstić information content (AvgIpc) is 2.98. The van der Waals surface area contributed by atoms with Crippen LogP contribution in [0.3, 0.4) is 0 Å². The Morgan fingerprint density at radius 3 is 2.74 bits per heavy atom. The summed E-state index contributed by atoms with van der Waals surface area (Å²) in [5.74, 6) is 0. The molecule has 1 nitrogen and oxygen atoms in total. The van der Waals surface area contributed by atoms with Crippen molar-refractivity contribution in [1.82, 2.24) is 4.57 Å². The summed E-state index contributed by atoms with van der Waals surface area (Å²) in [4.78, 5) is 0. The van der Waals surface area contributed by atoms with Crippen LogP contribution in [-0.2, 0) is 12.8 Å². The lowest BCUT2D eigenvalue weighted by Crippen LogP contribution is -1.98. The van der Waals surface area contributed by atoms with E-state index in [9.17, 15) is 0 Å². The summed E-state index contributed by atoms with van der Waals surface area (Å²) in [6.07, 6.45) is 3.73. The van der Waals surface area contributed by atoms with Crippen molar-refractivity contribution >= 4 is 10.9 Å². The van der Waals surface area contributed by atoms with Crippen LogP contribution in [0, 0.1) is 6.92 Å². The highest BCUT2D eigenvalue weighted by molar-refractivity contribution is 5.88. The van der Waals surface area contributed by atoms with Crippen molar-refractivity contribution in [2.45, 2.75) is 26.2 Å². The molecule has 2 aromatic carbocycles. The molecule has 0 radical (unpaired) electrons. The first-order valence-corrected chi connectivity index (χ1v) is 7.03. The summed E-state index contributed by atoms with van der Waals surface area (Å²) in [6, 6.07) is 17.6. The van der Waals surface area contributed by atoms with Crippen LogP contribution in [0.1, 0.15) is 23.2 Å². The third-order valence-corrected chi connectivity index (χ3v) is 4.19. The summed E-state index contributed by atoms with van der Waals surface area (Å²) in [5.41, 5.74) is 7.07. The Morgan fingerprint density at radius 2 is 1.84 bits per heavy atom. The largest absolute Gasteiger partial charge is 0.313 e. The standard InChI is InChI=1S/C18H17N/c1-13-6-4-7-14(12-13)19-17-10-3-2-8-15(17)16-9-5-11-18(16)19/h2-4,6-8,10,12H,5,9,11H2,1H3. The van der Waals surface area contributed by atoms with Crippen molar-refractivity contribution < 1.29 is 0 Å². The molecule has 3 aromatic rings. The molecular weight excluding hydrogens is 230 g/mol. The molecule has 4 rings (SSSR count). The predicted octanol–water partition coefficient (Wildman–Crippen LogP) is 4.43. The smallest absolute Gasteiger partial charge is 0.0534 e. The number of nitrogens with zero attached hydrogens (tertiary/aromatic N) is 1. The molecule has 1 heterocycles. The molecule has 0 saturated heterocycles. The third kappa shape index (κ3) is 1.54. The quantitative estimate of drug-likeness (QED) is 0.599. The van der Waals surface area contributed by atoms with Crippen LogP contribution in [0.15, 0.2) is 48.5 Å². The van der Waals surface area contributed by atoms with Crippen LogP contribution >= 0.6 is 0 Å². The number of fused-ring (bicyclic) bond motifs is 3. The SMILES string of the molecule is Cc1cccc(-n2c3c(c4ccccc42)CCC3)c1. The van der Waals surface area contributed by atoms with Gasteiger partial charge in [-0.25, -0.2) is 0 Å². The van der Waals surface area contributed by atoms with E-state index in [0.29, 0.717) is 0 Å². The zero-order chi connectivity index (χ0) is 12.8. The van der Waals surface area contributed by atoms with Gasteiger partial charge in [-0.1, -0.05) is 30.3 Å². The minimum Gasteiger partial charge on any atom is -0.313 e. The van der Waals surface area contributed by atoms with Gasteiger partial charge in [-0.3, -0.25) is 0 Å². The molecule has 1 aliphatic carbocycles. The van der Waals surface area contributed by atoms with Gasteiger partial charge < -0.3 is 4.57 Å². The molecule has 1 aromatic heterocycles. The lowest BCUT2D eigenvalue weighted by Gasteiger charge is -2.10. The molecule has 1 heteroatoms. The Kier molecular flexibility index (Phi) is 2.28. The molecule has 0 unspecified atom stereocenters. The molecule has 19 heavy (non-hydrogen) atoms. The second-order valence-corrected chi connectivity index (χ2v) is 5.47. The number of hydrogen-bond acceptors (Lipinski definition) is 0. The lowest BCUT2D eigenvalue weighted by atomic mass is 10.1. The number of aromatic nitrogens is 1. The van der Waals surface area contributed by atoms with E-state index < -0.39 is 0 Å². The zero-order valence-electron chi connectivity index (χ0n) is 11.2. The molecule has 1 aliphatic rings. The van der Waals surface area contributed by atoms with E-state index in [2.05, 4.69) is 60.0 Å². The van der Waals surface area contributed by atoms with Gasteiger partial charge in [0.1, 0.15) is 0 Å². The first-order valence-electron chi connectivity index (χ1n) is 7.03. The van der Waals surface area contributed by atoms with Crippen molar-refractivity contribution in [3.63, 3.8) is 0 Å². The van der Waals surface area contributed by atoms with Crippen molar-refractivity contribution in [3.05, 3.63) is 65.4 Å². The van der Waals surface area contributed by atoms with Crippen LogP contribution in [0.4, 0.5) is 0 Å². The summed E-state index contributed by atoms with van der Waals surface area (Å²) >= 11 is 0. The van der Waals surface area contributed by atoms with Gasteiger partial charge >= 0.3 is 0 Å². The van der Waals surface area contributed by atoms with E-state index in [4.69, 9.17) is 0 Å². The Morgan fingerprint density at radius 1 is 0.947 bits per heavy atom. The summed E-state index contributed by atoms with van der Waals surface area (Å²) in [7, 11) is 0. The number of benzene rings is 2. The molecule has 0 atom stereocenters. The first-order chi connectivity index (χ1) is 9.34. The highest BCUT2D eigenvalue weighted by atomic mass is 15.0. The monoisotopic (exact) mass is 247 g/mol. The van der Waals surface area contributed by atoms with E-state index in [0.717, 1.165) is 0 Å². The van der Waals surface area contributed by atoms with E-state index in [1.807, 2.05) is 0 Å². The molecule has 0 fully saturated rings. The fraction of sp³-hybridized carbons (Fsp3) is 0.222. The highest BCUT2D eigenvalue weighted by Gasteiger charge is 2.21. The van der Waals surface area contributed by atoms with E-state index in [-0.39, 0.29) is 0 Å². The zero-order valence-corrected chi connectivity index (χ0v) is 11.2. The summed E-state index contributed by atoms with van der Waals surface area (Å²) in [6.45, 7) is 2.16.